The van der Waals surface area contributed by atoms with Gasteiger partial charge in [0.25, 0.3) is 5.56 Å². The van der Waals surface area contributed by atoms with Crippen LogP contribution in [0, 0.1) is 0 Å². The van der Waals surface area contributed by atoms with E-state index >= 15 is 0 Å². The summed E-state index contributed by atoms with van der Waals surface area (Å²) in [6.07, 6.45) is 6.70. The zero-order valence-corrected chi connectivity index (χ0v) is 20.4. The van der Waals surface area contributed by atoms with Crippen molar-refractivity contribution >= 4 is 29.3 Å². The number of carbonyl (C=O) groups excluding carboxylic acids is 1. The van der Waals surface area contributed by atoms with E-state index in [-0.39, 0.29) is 11.2 Å². The number of esters is 1. The summed E-state index contributed by atoms with van der Waals surface area (Å²) in [7, 11) is 3.59. The van der Waals surface area contributed by atoms with Crippen molar-refractivity contribution in [3.63, 3.8) is 0 Å². The molecule has 0 saturated carbocycles. The normalized spacial score (nSPS) is 11.5. The molecule has 4 aromatic rings. The summed E-state index contributed by atoms with van der Waals surface area (Å²) in [5.74, 6) is 0.560. The molecule has 0 unspecified atom stereocenters. The molecule has 0 N–H and O–H groups in total. The molecule has 0 bridgehead atoms. The molecule has 0 fully saturated rings. The summed E-state index contributed by atoms with van der Waals surface area (Å²) in [5, 5.41) is 0. The molecule has 0 atom stereocenters. The van der Waals surface area contributed by atoms with Gasteiger partial charge in [0.1, 0.15) is 11.6 Å². The fourth-order valence-electron chi connectivity index (χ4n) is 4.05. The molecule has 0 amide bonds. The SMILES string of the molecule is CCCn1c(=O)c2c(nc(/C=C/c3cc(C(=O)Oc4ccccc4)cn3C)n2C)n(CCC)c1=O. The van der Waals surface area contributed by atoms with E-state index in [0.717, 1.165) is 12.1 Å². The number of carbonyl (C=O) groups is 1. The van der Waals surface area contributed by atoms with E-state index in [1.807, 2.05) is 37.6 Å². The van der Waals surface area contributed by atoms with Crippen LogP contribution in [0.25, 0.3) is 23.3 Å². The van der Waals surface area contributed by atoms with Gasteiger partial charge in [-0.1, -0.05) is 32.0 Å². The highest BCUT2D eigenvalue weighted by Gasteiger charge is 2.19. The molecule has 4 rings (SSSR count). The summed E-state index contributed by atoms with van der Waals surface area (Å²) in [6, 6.07) is 10.6. The van der Waals surface area contributed by atoms with Crippen molar-refractivity contribution in [1.82, 2.24) is 23.3 Å². The first-order valence-electron chi connectivity index (χ1n) is 11.7. The molecule has 182 valence electrons. The molecule has 9 heteroatoms. The minimum Gasteiger partial charge on any atom is -0.423 e. The Hall–Kier alpha value is -4.14. The van der Waals surface area contributed by atoms with Crippen molar-refractivity contribution in [3.05, 3.63) is 80.5 Å². The molecule has 0 aliphatic carbocycles. The van der Waals surface area contributed by atoms with E-state index in [1.165, 1.54) is 4.57 Å². The van der Waals surface area contributed by atoms with Gasteiger partial charge < -0.3 is 13.9 Å². The van der Waals surface area contributed by atoms with Gasteiger partial charge in [-0.15, -0.1) is 0 Å². The van der Waals surface area contributed by atoms with Crippen LogP contribution in [0.2, 0.25) is 0 Å². The number of rotatable bonds is 8. The summed E-state index contributed by atoms with van der Waals surface area (Å²) >= 11 is 0. The predicted octanol–water partition coefficient (Wildman–Crippen LogP) is 3.44. The standard InChI is InChI=1S/C26H29N5O4/c1-5-14-30-23-22(24(32)31(15-6-2)26(30)34)29(4)21(27-23)13-12-19-16-18(17-28(19)3)25(33)35-20-10-8-7-9-11-20/h7-13,16-17H,5-6,14-15H2,1-4H3/b13-12+. The summed E-state index contributed by atoms with van der Waals surface area (Å²) in [6.45, 7) is 4.75. The Labute approximate surface area is 202 Å². The van der Waals surface area contributed by atoms with Gasteiger partial charge in [-0.05, 0) is 43.2 Å². The first-order chi connectivity index (χ1) is 16.8. The van der Waals surface area contributed by atoms with E-state index in [9.17, 15) is 14.4 Å². The molecule has 0 radical (unpaired) electrons. The van der Waals surface area contributed by atoms with Crippen molar-refractivity contribution < 1.29 is 9.53 Å². The zero-order valence-electron chi connectivity index (χ0n) is 20.4. The van der Waals surface area contributed by atoms with Crippen molar-refractivity contribution in [2.24, 2.45) is 14.1 Å². The average Bonchev–Trinajstić information content (AvgIpc) is 3.38. The first kappa shape index (κ1) is 24.0. The van der Waals surface area contributed by atoms with Crippen LogP contribution in [0.3, 0.4) is 0 Å². The van der Waals surface area contributed by atoms with Gasteiger partial charge in [0.05, 0.1) is 5.56 Å². The van der Waals surface area contributed by atoms with E-state index < -0.39 is 5.97 Å². The van der Waals surface area contributed by atoms with Crippen LogP contribution in [0.4, 0.5) is 0 Å². The summed E-state index contributed by atoms with van der Waals surface area (Å²) in [5.41, 5.74) is 1.29. The number of nitrogens with zero attached hydrogens (tertiary/aromatic N) is 5. The molecular weight excluding hydrogens is 446 g/mol. The Morgan fingerprint density at radius 2 is 1.69 bits per heavy atom. The predicted molar refractivity (Wildman–Crippen MR) is 136 cm³/mol. The van der Waals surface area contributed by atoms with Gasteiger partial charge in [-0.3, -0.25) is 13.9 Å². The second-order valence-electron chi connectivity index (χ2n) is 8.39. The highest BCUT2D eigenvalue weighted by atomic mass is 16.5. The number of hydrogen-bond donors (Lipinski definition) is 0. The maximum absolute atomic E-state index is 13.1. The molecule has 0 aliphatic heterocycles. The van der Waals surface area contributed by atoms with Gasteiger partial charge >= 0.3 is 11.7 Å². The number of para-hydroxylation sites is 1. The number of imidazole rings is 1. The van der Waals surface area contributed by atoms with Gasteiger partial charge in [0.15, 0.2) is 11.2 Å². The fourth-order valence-corrected chi connectivity index (χ4v) is 4.05. The smallest absolute Gasteiger partial charge is 0.345 e. The van der Waals surface area contributed by atoms with Gasteiger partial charge in [-0.25, -0.2) is 14.6 Å². The number of aryl methyl sites for hydroxylation is 3. The van der Waals surface area contributed by atoms with Gasteiger partial charge in [0.2, 0.25) is 0 Å². The number of fused-ring (bicyclic) bond motifs is 1. The average molecular weight is 476 g/mol. The van der Waals surface area contributed by atoms with Crippen LogP contribution in [0.5, 0.6) is 5.75 Å². The topological polar surface area (TPSA) is 93.1 Å². The van der Waals surface area contributed by atoms with E-state index in [1.54, 1.807) is 58.8 Å². The Bertz CT molecular complexity index is 1520. The third-order valence-corrected chi connectivity index (χ3v) is 5.81. The Morgan fingerprint density at radius 3 is 2.37 bits per heavy atom. The summed E-state index contributed by atoms with van der Waals surface area (Å²) in [4.78, 5) is 43.2. The second-order valence-corrected chi connectivity index (χ2v) is 8.39. The molecule has 0 saturated heterocycles. The highest BCUT2D eigenvalue weighted by molar-refractivity contribution is 5.92. The van der Waals surface area contributed by atoms with E-state index in [0.29, 0.717) is 47.8 Å². The van der Waals surface area contributed by atoms with Crippen molar-refractivity contribution in [2.45, 2.75) is 39.8 Å². The van der Waals surface area contributed by atoms with Crippen LogP contribution in [0.15, 0.2) is 52.2 Å². The third-order valence-electron chi connectivity index (χ3n) is 5.81. The molecule has 3 heterocycles. The molecular formula is C26H29N5O4. The van der Waals surface area contributed by atoms with Crippen molar-refractivity contribution in [1.29, 1.82) is 0 Å². The Morgan fingerprint density at radius 1 is 1.00 bits per heavy atom. The maximum Gasteiger partial charge on any atom is 0.345 e. The largest absolute Gasteiger partial charge is 0.423 e. The quantitative estimate of drug-likeness (QED) is 0.288. The fraction of sp³-hybridized carbons (Fsp3) is 0.308. The van der Waals surface area contributed by atoms with Crippen LogP contribution in [-0.2, 0) is 27.2 Å². The highest BCUT2D eigenvalue weighted by Crippen LogP contribution is 2.17. The van der Waals surface area contributed by atoms with Gasteiger partial charge in [0, 0.05) is 39.1 Å². The number of ether oxygens (including phenoxy) is 1. The minimum atomic E-state index is -0.450. The van der Waals surface area contributed by atoms with Gasteiger partial charge in [-0.2, -0.15) is 0 Å². The Kier molecular flexibility index (Phi) is 6.86. The number of benzene rings is 1. The Balaban J connectivity index is 1.70. The van der Waals surface area contributed by atoms with Crippen LogP contribution < -0.4 is 16.0 Å². The van der Waals surface area contributed by atoms with Crippen LogP contribution in [-0.4, -0.2) is 29.2 Å². The monoisotopic (exact) mass is 475 g/mol. The van der Waals surface area contributed by atoms with Crippen LogP contribution in [0.1, 0.15) is 48.6 Å². The van der Waals surface area contributed by atoms with Crippen LogP contribution >= 0.6 is 0 Å². The lowest BCUT2D eigenvalue weighted by Crippen LogP contribution is -2.40. The number of hydrogen-bond acceptors (Lipinski definition) is 5. The molecule has 0 spiro atoms. The molecule has 3 aromatic heterocycles. The van der Waals surface area contributed by atoms with Crippen molar-refractivity contribution in [3.8, 4) is 5.75 Å². The molecule has 35 heavy (non-hydrogen) atoms. The lowest BCUT2D eigenvalue weighted by molar-refractivity contribution is 0.0734. The zero-order chi connectivity index (χ0) is 25.1. The lowest BCUT2D eigenvalue weighted by atomic mass is 10.3. The third kappa shape index (κ3) is 4.62. The summed E-state index contributed by atoms with van der Waals surface area (Å²) < 4.78 is 11.8. The van der Waals surface area contributed by atoms with Crippen molar-refractivity contribution in [2.75, 3.05) is 0 Å². The lowest BCUT2D eigenvalue weighted by Gasteiger charge is -2.10. The number of aromatic nitrogens is 5. The van der Waals surface area contributed by atoms with E-state index in [2.05, 4.69) is 4.98 Å². The minimum absolute atomic E-state index is 0.330. The molecule has 9 nitrogen and oxygen atoms in total. The molecule has 1 aromatic carbocycles. The molecule has 0 aliphatic rings. The first-order valence-corrected chi connectivity index (χ1v) is 11.7. The second kappa shape index (κ2) is 10.0. The van der Waals surface area contributed by atoms with E-state index in [4.69, 9.17) is 4.74 Å². The maximum atomic E-state index is 13.1.